The molecule has 2 amide bonds. The van der Waals surface area contributed by atoms with Gasteiger partial charge in [0.15, 0.2) is 5.13 Å². The van der Waals surface area contributed by atoms with Crippen molar-refractivity contribution >= 4 is 34.3 Å². The molecule has 0 radical (unpaired) electrons. The van der Waals surface area contributed by atoms with E-state index < -0.39 is 17.8 Å². The lowest BCUT2D eigenvalue weighted by molar-refractivity contribution is 0.0499. The smallest absolute Gasteiger partial charge is 0.408 e. The van der Waals surface area contributed by atoms with E-state index in [0.29, 0.717) is 19.4 Å². The lowest BCUT2D eigenvalue weighted by atomic mass is 10.1. The third-order valence-electron chi connectivity index (χ3n) is 3.79. The number of aromatic nitrogens is 1. The maximum atomic E-state index is 12.3. The monoisotopic (exact) mass is 420 g/mol. The Balaban J connectivity index is 2.01. The predicted molar refractivity (Wildman–Crippen MR) is 114 cm³/mol. The maximum Gasteiger partial charge on any atom is 0.408 e. The van der Waals surface area contributed by atoms with Gasteiger partial charge in [-0.05, 0) is 52.2 Å². The van der Waals surface area contributed by atoms with Crippen LogP contribution in [0.5, 0.6) is 0 Å². The van der Waals surface area contributed by atoms with Gasteiger partial charge in [-0.2, -0.15) is 0 Å². The Labute approximate surface area is 174 Å². The zero-order valence-corrected chi connectivity index (χ0v) is 17.7. The number of ether oxygens (including phenoxy) is 1. The van der Waals surface area contributed by atoms with Crippen molar-refractivity contribution in [3.05, 3.63) is 41.4 Å². The van der Waals surface area contributed by atoms with E-state index in [0.717, 1.165) is 22.9 Å². The number of benzene rings is 1. The molecule has 2 rings (SSSR count). The summed E-state index contributed by atoms with van der Waals surface area (Å²) in [6.07, 6.45) is 0.466. The number of unbranched alkanes of at least 4 members (excludes halogenated alkanes) is 1. The fourth-order valence-corrected chi connectivity index (χ4v) is 3.35. The number of alkyl carbamates (subject to hydrolysis) is 1. The fraction of sp³-hybridized carbons (Fsp3) is 0.450. The largest absolute Gasteiger partial charge is 0.465 e. The number of thiazole rings is 1. The number of nitrogens with zero attached hydrogens (tertiary/aromatic N) is 1. The first kappa shape index (κ1) is 22.5. The van der Waals surface area contributed by atoms with Crippen molar-refractivity contribution in [1.29, 1.82) is 0 Å². The van der Waals surface area contributed by atoms with Gasteiger partial charge in [0.2, 0.25) is 0 Å². The molecule has 9 heteroatoms. The summed E-state index contributed by atoms with van der Waals surface area (Å²) in [6, 6.07) is 9.40. The maximum absolute atomic E-state index is 12.3. The van der Waals surface area contributed by atoms with Crippen LogP contribution < -0.4 is 16.0 Å². The van der Waals surface area contributed by atoms with Gasteiger partial charge in [0.05, 0.1) is 11.7 Å². The minimum absolute atomic E-state index is 0.322. The topological polar surface area (TPSA) is 113 Å². The Morgan fingerprint density at radius 2 is 1.93 bits per heavy atom. The Morgan fingerprint density at radius 1 is 1.21 bits per heavy atom. The van der Waals surface area contributed by atoms with Crippen LogP contribution in [0.25, 0.3) is 0 Å². The summed E-state index contributed by atoms with van der Waals surface area (Å²) in [5, 5.41) is 19.8. The van der Waals surface area contributed by atoms with Crippen LogP contribution in [0.2, 0.25) is 0 Å². The summed E-state index contributed by atoms with van der Waals surface area (Å²) in [5.74, 6) is 0. The van der Waals surface area contributed by atoms with Crippen molar-refractivity contribution in [1.82, 2.24) is 15.6 Å². The number of amides is 2. The van der Waals surface area contributed by atoms with Crippen LogP contribution in [0.4, 0.5) is 20.4 Å². The van der Waals surface area contributed by atoms with Gasteiger partial charge < -0.3 is 25.8 Å². The first-order valence-electron chi connectivity index (χ1n) is 9.47. The molecule has 8 nitrogen and oxygen atoms in total. The minimum Gasteiger partial charge on any atom is -0.465 e. The number of para-hydroxylation sites is 1. The molecule has 0 aliphatic rings. The van der Waals surface area contributed by atoms with E-state index in [-0.39, 0.29) is 6.04 Å². The van der Waals surface area contributed by atoms with Gasteiger partial charge in [0, 0.05) is 17.6 Å². The predicted octanol–water partition coefficient (Wildman–Crippen LogP) is 4.89. The van der Waals surface area contributed by atoms with Gasteiger partial charge >= 0.3 is 12.2 Å². The summed E-state index contributed by atoms with van der Waals surface area (Å²) in [5.41, 5.74) is 1.08. The van der Waals surface area contributed by atoms with Crippen LogP contribution in [0.3, 0.4) is 0 Å². The lowest BCUT2D eigenvalue weighted by Crippen LogP contribution is -2.35. The molecule has 0 aliphatic carbocycles. The van der Waals surface area contributed by atoms with Crippen molar-refractivity contribution in [2.45, 2.75) is 51.7 Å². The van der Waals surface area contributed by atoms with Crippen molar-refractivity contribution in [2.24, 2.45) is 0 Å². The Hall–Kier alpha value is -2.81. The molecule has 1 atom stereocenters. The molecule has 0 saturated heterocycles. The van der Waals surface area contributed by atoms with Crippen LogP contribution in [0.1, 0.15) is 51.8 Å². The molecule has 0 spiro atoms. The second kappa shape index (κ2) is 10.7. The number of nitrogens with one attached hydrogen (secondary N) is 3. The number of anilines is 2. The molecular weight excluding hydrogens is 392 g/mol. The molecule has 0 aliphatic heterocycles. The molecule has 1 heterocycles. The first-order valence-corrected chi connectivity index (χ1v) is 10.3. The highest BCUT2D eigenvalue weighted by Gasteiger charge is 2.22. The summed E-state index contributed by atoms with van der Waals surface area (Å²) in [6.45, 7) is 5.80. The van der Waals surface area contributed by atoms with Crippen molar-refractivity contribution in [2.75, 3.05) is 11.9 Å². The highest BCUT2D eigenvalue weighted by molar-refractivity contribution is 7.13. The van der Waals surface area contributed by atoms with E-state index >= 15 is 0 Å². The van der Waals surface area contributed by atoms with E-state index in [4.69, 9.17) is 9.84 Å². The van der Waals surface area contributed by atoms with E-state index in [1.54, 1.807) is 0 Å². The summed E-state index contributed by atoms with van der Waals surface area (Å²) >= 11 is 1.46. The van der Waals surface area contributed by atoms with Crippen LogP contribution in [0.15, 0.2) is 35.7 Å². The van der Waals surface area contributed by atoms with Crippen molar-refractivity contribution in [3.8, 4) is 0 Å². The van der Waals surface area contributed by atoms with E-state index in [1.165, 1.54) is 11.3 Å². The number of carbonyl (C=O) groups excluding carboxylic acids is 1. The van der Waals surface area contributed by atoms with Crippen molar-refractivity contribution in [3.63, 3.8) is 0 Å². The second-order valence-corrected chi connectivity index (χ2v) is 8.35. The fourth-order valence-electron chi connectivity index (χ4n) is 2.56. The quantitative estimate of drug-likeness (QED) is 0.430. The Bertz CT molecular complexity index is 789. The number of carbonyl (C=O) groups is 2. The lowest BCUT2D eigenvalue weighted by Gasteiger charge is -2.23. The number of rotatable bonds is 9. The molecule has 29 heavy (non-hydrogen) atoms. The summed E-state index contributed by atoms with van der Waals surface area (Å²) < 4.78 is 5.37. The SMILES string of the molecule is CC(C)(C)OC(=O)NC(CCCCNC(=O)O)c1csc(Nc2ccccc2)n1. The Kier molecular flexibility index (Phi) is 8.26. The van der Waals surface area contributed by atoms with Gasteiger partial charge in [-0.15, -0.1) is 11.3 Å². The van der Waals surface area contributed by atoms with Crippen molar-refractivity contribution < 1.29 is 19.4 Å². The first-order chi connectivity index (χ1) is 13.7. The average Bonchev–Trinajstić information content (AvgIpc) is 3.08. The van der Waals surface area contributed by atoms with Crippen LogP contribution >= 0.6 is 11.3 Å². The van der Waals surface area contributed by atoms with Gasteiger partial charge in [-0.25, -0.2) is 14.6 Å². The van der Waals surface area contributed by atoms with Gasteiger partial charge in [0.25, 0.3) is 0 Å². The normalized spacial score (nSPS) is 12.1. The molecule has 0 bridgehead atoms. The molecule has 4 N–H and O–H groups in total. The molecular formula is C20H28N4O4S. The molecule has 1 aromatic heterocycles. The highest BCUT2D eigenvalue weighted by Crippen LogP contribution is 2.27. The molecule has 0 saturated carbocycles. The van der Waals surface area contributed by atoms with Gasteiger partial charge in [0.1, 0.15) is 5.60 Å². The molecule has 2 aromatic rings. The number of hydrogen-bond donors (Lipinski definition) is 4. The van der Waals surface area contributed by atoms with Gasteiger partial charge in [-0.3, -0.25) is 0 Å². The average molecular weight is 421 g/mol. The molecule has 0 fully saturated rings. The molecule has 1 aromatic carbocycles. The van der Waals surface area contributed by atoms with E-state index in [2.05, 4.69) is 20.9 Å². The highest BCUT2D eigenvalue weighted by atomic mass is 32.1. The third kappa shape index (κ3) is 8.82. The van der Waals surface area contributed by atoms with E-state index in [1.807, 2.05) is 56.5 Å². The summed E-state index contributed by atoms with van der Waals surface area (Å²) in [4.78, 5) is 27.4. The van der Waals surface area contributed by atoms with E-state index in [9.17, 15) is 9.59 Å². The van der Waals surface area contributed by atoms with Crippen LogP contribution in [-0.4, -0.2) is 34.4 Å². The standard InChI is InChI=1S/C20H28N4O4S/c1-20(2,3)28-19(27)24-15(11-7-8-12-21-18(25)26)16-13-29-17(23-16)22-14-9-5-4-6-10-14/h4-6,9-10,13,15,21H,7-8,11-12H2,1-3H3,(H,22,23)(H,24,27)(H,25,26). The number of hydrogen-bond acceptors (Lipinski definition) is 6. The van der Waals surface area contributed by atoms with Crippen LogP contribution in [0, 0.1) is 0 Å². The zero-order chi connectivity index (χ0) is 21.3. The van der Waals surface area contributed by atoms with Gasteiger partial charge in [-0.1, -0.05) is 18.2 Å². The third-order valence-corrected chi connectivity index (χ3v) is 4.57. The second-order valence-electron chi connectivity index (χ2n) is 7.50. The molecule has 158 valence electrons. The zero-order valence-electron chi connectivity index (χ0n) is 16.9. The Morgan fingerprint density at radius 3 is 2.59 bits per heavy atom. The summed E-state index contributed by atoms with van der Waals surface area (Å²) in [7, 11) is 0. The van der Waals surface area contributed by atoms with Crippen LogP contribution in [-0.2, 0) is 4.74 Å². The molecule has 1 unspecified atom stereocenters. The number of carboxylic acid groups (broad SMARTS) is 1. The minimum atomic E-state index is -1.04.